The fourth-order valence-electron chi connectivity index (χ4n) is 6.04. The molecule has 0 radical (unpaired) electrons. The Bertz CT molecular complexity index is 766. The standard InChI is InChI=1S/C31H46FN/c1-2-3-4-5-6-7-8-25-9-11-26(12-10-25)13-14-27-15-17-28(18-16-27)19-20-29-21-22-30(24-33)31(32)23-29/h17,21-23,25-27H,2-16,18-20H2,1H3/t25-,26-,27?. The highest BCUT2D eigenvalue weighted by molar-refractivity contribution is 5.33. The number of allylic oxidation sites excluding steroid dienone is 2. The van der Waals surface area contributed by atoms with Crippen molar-refractivity contribution < 1.29 is 4.39 Å². The summed E-state index contributed by atoms with van der Waals surface area (Å²) in [7, 11) is 0. The number of hydrogen-bond donors (Lipinski definition) is 0. The van der Waals surface area contributed by atoms with Crippen LogP contribution in [0.4, 0.5) is 4.39 Å². The van der Waals surface area contributed by atoms with E-state index in [1.165, 1.54) is 109 Å². The average molecular weight is 452 g/mol. The second kappa shape index (κ2) is 14.6. The van der Waals surface area contributed by atoms with Crippen LogP contribution in [-0.2, 0) is 6.42 Å². The summed E-state index contributed by atoms with van der Waals surface area (Å²) in [6, 6.07) is 6.94. The van der Waals surface area contributed by atoms with Crippen LogP contribution < -0.4 is 0 Å². The molecular weight excluding hydrogens is 405 g/mol. The maximum Gasteiger partial charge on any atom is 0.141 e. The Morgan fingerprint density at radius 1 is 0.848 bits per heavy atom. The van der Waals surface area contributed by atoms with E-state index in [1.807, 2.05) is 12.1 Å². The van der Waals surface area contributed by atoms with Gasteiger partial charge in [0.05, 0.1) is 5.56 Å². The average Bonchev–Trinajstić information content (AvgIpc) is 2.85. The fraction of sp³-hybridized carbons (Fsp3) is 0.710. The molecule has 3 rings (SSSR count). The Labute approximate surface area is 202 Å². The predicted octanol–water partition coefficient (Wildman–Crippen LogP) is 9.69. The van der Waals surface area contributed by atoms with Crippen LogP contribution >= 0.6 is 0 Å². The zero-order valence-corrected chi connectivity index (χ0v) is 21.1. The number of unbranched alkanes of at least 4 members (excludes halogenated alkanes) is 5. The molecule has 2 aliphatic carbocycles. The predicted molar refractivity (Wildman–Crippen MR) is 138 cm³/mol. The topological polar surface area (TPSA) is 23.8 Å². The number of aryl methyl sites for hydroxylation is 1. The number of nitriles is 1. The van der Waals surface area contributed by atoms with Crippen molar-refractivity contribution in [3.05, 3.63) is 46.8 Å². The second-order valence-electron chi connectivity index (χ2n) is 10.9. The third-order valence-electron chi connectivity index (χ3n) is 8.42. The Hall–Kier alpha value is -1.62. The molecule has 0 spiro atoms. The van der Waals surface area contributed by atoms with Crippen LogP contribution in [0.5, 0.6) is 0 Å². The Morgan fingerprint density at radius 2 is 1.55 bits per heavy atom. The maximum absolute atomic E-state index is 13.8. The molecule has 1 fully saturated rings. The summed E-state index contributed by atoms with van der Waals surface area (Å²) in [5.74, 6) is 2.51. The molecular formula is C31H46FN. The highest BCUT2D eigenvalue weighted by Crippen LogP contribution is 2.37. The maximum atomic E-state index is 13.8. The van der Waals surface area contributed by atoms with Crippen molar-refractivity contribution >= 4 is 0 Å². The van der Waals surface area contributed by atoms with Crippen molar-refractivity contribution in [1.29, 1.82) is 5.26 Å². The van der Waals surface area contributed by atoms with Gasteiger partial charge in [-0.3, -0.25) is 0 Å². The highest BCUT2D eigenvalue weighted by Gasteiger charge is 2.22. The number of hydrogen-bond acceptors (Lipinski definition) is 1. The lowest BCUT2D eigenvalue weighted by molar-refractivity contribution is 0.234. The van der Waals surface area contributed by atoms with Gasteiger partial charge in [0.2, 0.25) is 0 Å². The zero-order chi connectivity index (χ0) is 23.3. The lowest BCUT2D eigenvalue weighted by Gasteiger charge is -2.30. The van der Waals surface area contributed by atoms with Crippen molar-refractivity contribution in [3.8, 4) is 6.07 Å². The minimum absolute atomic E-state index is 0.143. The first kappa shape index (κ1) is 26.0. The molecule has 0 aliphatic heterocycles. The van der Waals surface area contributed by atoms with Crippen LogP contribution in [0.2, 0.25) is 0 Å². The van der Waals surface area contributed by atoms with Crippen molar-refractivity contribution in [2.75, 3.05) is 0 Å². The monoisotopic (exact) mass is 451 g/mol. The molecule has 182 valence electrons. The van der Waals surface area contributed by atoms with Gasteiger partial charge in [0.15, 0.2) is 0 Å². The molecule has 1 aromatic rings. The fourth-order valence-corrected chi connectivity index (χ4v) is 6.04. The van der Waals surface area contributed by atoms with Crippen molar-refractivity contribution in [2.24, 2.45) is 17.8 Å². The van der Waals surface area contributed by atoms with E-state index in [0.717, 1.165) is 36.2 Å². The van der Waals surface area contributed by atoms with E-state index in [4.69, 9.17) is 5.26 Å². The van der Waals surface area contributed by atoms with Crippen LogP contribution in [0.25, 0.3) is 0 Å². The van der Waals surface area contributed by atoms with Gasteiger partial charge < -0.3 is 0 Å². The van der Waals surface area contributed by atoms with E-state index in [0.29, 0.717) is 0 Å². The Morgan fingerprint density at radius 3 is 2.21 bits per heavy atom. The number of nitrogens with zero attached hydrogens (tertiary/aromatic N) is 1. The molecule has 0 amide bonds. The number of halogens is 1. The smallest absolute Gasteiger partial charge is 0.141 e. The van der Waals surface area contributed by atoms with Gasteiger partial charge in [0.1, 0.15) is 11.9 Å². The highest BCUT2D eigenvalue weighted by atomic mass is 19.1. The molecule has 2 heteroatoms. The van der Waals surface area contributed by atoms with E-state index in [-0.39, 0.29) is 11.4 Å². The molecule has 0 aromatic heterocycles. The molecule has 1 nitrogen and oxygen atoms in total. The second-order valence-corrected chi connectivity index (χ2v) is 10.9. The van der Waals surface area contributed by atoms with Crippen LogP contribution in [0, 0.1) is 34.9 Å². The van der Waals surface area contributed by atoms with E-state index < -0.39 is 0 Å². The number of benzene rings is 1. The Balaban J connectivity index is 1.26. The molecule has 1 atom stereocenters. The summed E-state index contributed by atoms with van der Waals surface area (Å²) in [5, 5.41) is 8.87. The van der Waals surface area contributed by atoms with E-state index in [2.05, 4.69) is 13.0 Å². The summed E-state index contributed by atoms with van der Waals surface area (Å²) in [4.78, 5) is 0. The van der Waals surface area contributed by atoms with Crippen LogP contribution in [0.15, 0.2) is 29.8 Å². The van der Waals surface area contributed by atoms with Gasteiger partial charge in [-0.15, -0.1) is 0 Å². The molecule has 0 saturated heterocycles. The molecule has 1 aromatic carbocycles. The van der Waals surface area contributed by atoms with E-state index in [9.17, 15) is 4.39 Å². The minimum Gasteiger partial charge on any atom is -0.206 e. The van der Waals surface area contributed by atoms with Gasteiger partial charge in [0, 0.05) is 0 Å². The summed E-state index contributed by atoms with van der Waals surface area (Å²) in [6.07, 6.45) is 27.1. The zero-order valence-electron chi connectivity index (χ0n) is 21.1. The quantitative estimate of drug-likeness (QED) is 0.216. The summed E-state index contributed by atoms with van der Waals surface area (Å²) in [6.45, 7) is 2.30. The third kappa shape index (κ3) is 9.27. The SMILES string of the molecule is CCCCCCCC[C@H]1CC[C@H](CCC2CC=C(CCc3ccc(C#N)c(F)c3)CC2)CC1. The summed E-state index contributed by atoms with van der Waals surface area (Å²) < 4.78 is 13.8. The van der Waals surface area contributed by atoms with Crippen molar-refractivity contribution in [1.82, 2.24) is 0 Å². The summed E-state index contributed by atoms with van der Waals surface area (Å²) in [5.41, 5.74) is 2.69. The van der Waals surface area contributed by atoms with Gasteiger partial charge in [-0.05, 0) is 74.0 Å². The van der Waals surface area contributed by atoms with Crippen LogP contribution in [0.1, 0.15) is 127 Å². The van der Waals surface area contributed by atoms with Gasteiger partial charge in [0.25, 0.3) is 0 Å². The molecule has 1 saturated carbocycles. The van der Waals surface area contributed by atoms with Crippen LogP contribution in [-0.4, -0.2) is 0 Å². The van der Waals surface area contributed by atoms with Gasteiger partial charge >= 0.3 is 0 Å². The van der Waals surface area contributed by atoms with E-state index in [1.54, 1.807) is 11.6 Å². The van der Waals surface area contributed by atoms with Crippen molar-refractivity contribution in [3.63, 3.8) is 0 Å². The molecule has 33 heavy (non-hydrogen) atoms. The van der Waals surface area contributed by atoms with Gasteiger partial charge in [-0.25, -0.2) is 4.39 Å². The van der Waals surface area contributed by atoms with Crippen molar-refractivity contribution in [2.45, 2.75) is 122 Å². The van der Waals surface area contributed by atoms with Gasteiger partial charge in [-0.1, -0.05) is 102 Å². The molecule has 1 unspecified atom stereocenters. The van der Waals surface area contributed by atoms with E-state index >= 15 is 0 Å². The van der Waals surface area contributed by atoms with Gasteiger partial charge in [-0.2, -0.15) is 5.26 Å². The largest absolute Gasteiger partial charge is 0.206 e. The molecule has 0 bridgehead atoms. The minimum atomic E-state index is -0.385. The lowest BCUT2D eigenvalue weighted by Crippen LogP contribution is -2.16. The third-order valence-corrected chi connectivity index (χ3v) is 8.42. The Kier molecular flexibility index (Phi) is 11.5. The number of rotatable bonds is 13. The molecule has 2 aliphatic rings. The first-order valence-corrected chi connectivity index (χ1v) is 14.0. The molecule has 0 heterocycles. The van der Waals surface area contributed by atoms with Crippen LogP contribution in [0.3, 0.4) is 0 Å². The lowest BCUT2D eigenvalue weighted by atomic mass is 9.76. The first-order valence-electron chi connectivity index (χ1n) is 14.0. The molecule has 0 N–H and O–H groups in total. The normalized spacial score (nSPS) is 23.2. The first-order chi connectivity index (χ1) is 16.2. The summed E-state index contributed by atoms with van der Waals surface area (Å²) >= 11 is 0.